The van der Waals surface area contributed by atoms with E-state index in [9.17, 15) is 4.79 Å². The van der Waals surface area contributed by atoms with E-state index < -0.39 is 5.97 Å². The highest BCUT2D eigenvalue weighted by atomic mass is 16.5. The molecular formula is C12H10N4O3. The third kappa shape index (κ3) is 2.05. The summed E-state index contributed by atoms with van der Waals surface area (Å²) in [7, 11) is 0. The number of aryl methyl sites for hydroxylation is 1. The zero-order valence-electron chi connectivity index (χ0n) is 10.1. The summed E-state index contributed by atoms with van der Waals surface area (Å²) < 4.78 is 6.87. The summed E-state index contributed by atoms with van der Waals surface area (Å²) in [5.74, 6) is 0.0932. The molecule has 0 aliphatic rings. The molecule has 0 aliphatic heterocycles. The fraction of sp³-hybridized carbons (Fsp3) is 0.167. The largest absolute Gasteiger partial charge is 0.478 e. The Hall–Kier alpha value is -2.70. The van der Waals surface area contributed by atoms with E-state index in [0.29, 0.717) is 23.8 Å². The average Bonchev–Trinajstić information content (AvgIpc) is 2.96. The molecule has 0 bridgehead atoms. The molecule has 0 spiro atoms. The highest BCUT2D eigenvalue weighted by molar-refractivity contribution is 5.92. The summed E-state index contributed by atoms with van der Waals surface area (Å²) in [6.45, 7) is 2.15. The van der Waals surface area contributed by atoms with Gasteiger partial charge in [0.1, 0.15) is 6.54 Å². The van der Waals surface area contributed by atoms with Gasteiger partial charge in [0.05, 0.1) is 22.9 Å². The number of fused-ring (bicyclic) bond motifs is 1. The van der Waals surface area contributed by atoms with Gasteiger partial charge in [0.15, 0.2) is 5.82 Å². The molecule has 7 nitrogen and oxygen atoms in total. The maximum Gasteiger partial charge on any atom is 0.335 e. The second-order valence-corrected chi connectivity index (χ2v) is 4.12. The van der Waals surface area contributed by atoms with E-state index in [1.54, 1.807) is 25.4 Å². The first-order valence-electron chi connectivity index (χ1n) is 5.61. The molecule has 0 amide bonds. The molecule has 1 aromatic carbocycles. The molecule has 0 saturated carbocycles. The van der Waals surface area contributed by atoms with Gasteiger partial charge in [-0.25, -0.2) is 9.78 Å². The number of aromatic carboxylic acids is 1. The smallest absolute Gasteiger partial charge is 0.335 e. The molecule has 2 heterocycles. The normalized spacial score (nSPS) is 11.0. The molecule has 0 unspecified atom stereocenters. The lowest BCUT2D eigenvalue weighted by atomic mass is 10.2. The summed E-state index contributed by atoms with van der Waals surface area (Å²) >= 11 is 0. The van der Waals surface area contributed by atoms with Crippen molar-refractivity contribution in [3.8, 4) is 0 Å². The maximum absolute atomic E-state index is 10.9. The molecule has 0 atom stereocenters. The standard InChI is InChI=1S/C12H10N4O3/c1-7-14-11(19-15-7)5-16-6-13-9-4-8(12(17)18)2-3-10(9)16/h2-4,6H,5H2,1H3,(H,17,18). The zero-order valence-corrected chi connectivity index (χ0v) is 10.1. The number of imidazole rings is 1. The van der Waals surface area contributed by atoms with Gasteiger partial charge >= 0.3 is 5.97 Å². The fourth-order valence-corrected chi connectivity index (χ4v) is 1.87. The van der Waals surface area contributed by atoms with Crippen LogP contribution in [0.3, 0.4) is 0 Å². The van der Waals surface area contributed by atoms with Crippen LogP contribution in [0.25, 0.3) is 11.0 Å². The Morgan fingerprint density at radius 2 is 2.32 bits per heavy atom. The number of carboxylic acid groups (broad SMARTS) is 1. The van der Waals surface area contributed by atoms with Gasteiger partial charge in [-0.15, -0.1) is 0 Å². The first-order chi connectivity index (χ1) is 9.13. The molecule has 0 fully saturated rings. The lowest BCUT2D eigenvalue weighted by Gasteiger charge is -2.00. The average molecular weight is 258 g/mol. The first-order valence-corrected chi connectivity index (χ1v) is 5.61. The summed E-state index contributed by atoms with van der Waals surface area (Å²) in [6, 6.07) is 4.80. The predicted octanol–water partition coefficient (Wildman–Crippen LogP) is 1.47. The van der Waals surface area contributed by atoms with Crippen molar-refractivity contribution in [3.63, 3.8) is 0 Å². The Morgan fingerprint density at radius 1 is 1.47 bits per heavy atom. The Balaban J connectivity index is 1.99. The maximum atomic E-state index is 10.9. The van der Waals surface area contributed by atoms with Crippen LogP contribution in [0, 0.1) is 6.92 Å². The van der Waals surface area contributed by atoms with Crippen LogP contribution in [0.1, 0.15) is 22.1 Å². The zero-order chi connectivity index (χ0) is 13.4. The van der Waals surface area contributed by atoms with E-state index in [4.69, 9.17) is 9.63 Å². The first kappa shape index (κ1) is 11.4. The van der Waals surface area contributed by atoms with Crippen molar-refractivity contribution < 1.29 is 14.4 Å². The van der Waals surface area contributed by atoms with Gasteiger partial charge in [-0.3, -0.25) is 0 Å². The number of aromatic nitrogens is 4. The third-order valence-corrected chi connectivity index (χ3v) is 2.74. The van der Waals surface area contributed by atoms with Crippen molar-refractivity contribution in [1.82, 2.24) is 19.7 Å². The Morgan fingerprint density at radius 3 is 3.00 bits per heavy atom. The van der Waals surface area contributed by atoms with Gasteiger partial charge in [0, 0.05) is 0 Å². The van der Waals surface area contributed by atoms with Gasteiger partial charge in [-0.05, 0) is 25.1 Å². The minimum absolute atomic E-state index is 0.214. The van der Waals surface area contributed by atoms with E-state index in [0.717, 1.165) is 5.52 Å². The molecule has 19 heavy (non-hydrogen) atoms. The lowest BCUT2D eigenvalue weighted by molar-refractivity contribution is 0.0697. The van der Waals surface area contributed by atoms with Crippen LogP contribution in [0.5, 0.6) is 0 Å². The number of carbonyl (C=O) groups is 1. The van der Waals surface area contributed by atoms with Crippen molar-refractivity contribution in [1.29, 1.82) is 0 Å². The summed E-state index contributed by atoms with van der Waals surface area (Å²) in [5.41, 5.74) is 1.66. The molecule has 96 valence electrons. The molecule has 7 heteroatoms. The van der Waals surface area contributed by atoms with Crippen LogP contribution in [0.4, 0.5) is 0 Å². The molecule has 0 saturated heterocycles. The minimum atomic E-state index is -0.969. The van der Waals surface area contributed by atoms with Crippen LogP contribution in [0.2, 0.25) is 0 Å². The Kier molecular flexibility index (Phi) is 2.52. The summed E-state index contributed by atoms with van der Waals surface area (Å²) in [4.78, 5) is 19.2. The third-order valence-electron chi connectivity index (χ3n) is 2.74. The quantitative estimate of drug-likeness (QED) is 0.764. The molecule has 1 N–H and O–H groups in total. The highest BCUT2D eigenvalue weighted by Crippen LogP contribution is 2.16. The van der Waals surface area contributed by atoms with Crippen molar-refractivity contribution in [2.24, 2.45) is 0 Å². The van der Waals surface area contributed by atoms with Crippen molar-refractivity contribution in [2.45, 2.75) is 13.5 Å². The van der Waals surface area contributed by atoms with E-state index in [-0.39, 0.29) is 5.56 Å². The molecule has 2 aromatic heterocycles. The van der Waals surface area contributed by atoms with Crippen LogP contribution >= 0.6 is 0 Å². The predicted molar refractivity (Wildman–Crippen MR) is 64.8 cm³/mol. The molecule has 3 rings (SSSR count). The van der Waals surface area contributed by atoms with Gasteiger partial charge < -0.3 is 14.2 Å². The molecule has 3 aromatic rings. The number of hydrogen-bond donors (Lipinski definition) is 1. The van der Waals surface area contributed by atoms with E-state index in [1.165, 1.54) is 6.07 Å². The molecular weight excluding hydrogens is 248 g/mol. The summed E-state index contributed by atoms with van der Waals surface area (Å²) in [5, 5.41) is 12.6. The fourth-order valence-electron chi connectivity index (χ4n) is 1.87. The molecule has 0 aliphatic carbocycles. The number of nitrogens with zero attached hydrogens (tertiary/aromatic N) is 4. The van der Waals surface area contributed by atoms with Crippen LogP contribution in [-0.2, 0) is 6.54 Å². The van der Waals surface area contributed by atoms with Gasteiger partial charge in [-0.2, -0.15) is 4.98 Å². The Bertz CT molecular complexity index is 759. The van der Waals surface area contributed by atoms with Crippen molar-refractivity contribution in [3.05, 3.63) is 41.8 Å². The van der Waals surface area contributed by atoms with Gasteiger partial charge in [0.25, 0.3) is 0 Å². The van der Waals surface area contributed by atoms with E-state index >= 15 is 0 Å². The second-order valence-electron chi connectivity index (χ2n) is 4.12. The minimum Gasteiger partial charge on any atom is -0.478 e. The SMILES string of the molecule is Cc1noc(Cn2cnc3cc(C(=O)O)ccc32)n1. The number of rotatable bonds is 3. The Labute approximate surface area is 107 Å². The van der Waals surface area contributed by atoms with Gasteiger partial charge in [0.2, 0.25) is 5.89 Å². The second kappa shape index (κ2) is 4.20. The van der Waals surface area contributed by atoms with Crippen molar-refractivity contribution >= 4 is 17.0 Å². The number of carboxylic acids is 1. The lowest BCUT2D eigenvalue weighted by Crippen LogP contribution is -1.99. The monoisotopic (exact) mass is 258 g/mol. The van der Waals surface area contributed by atoms with Gasteiger partial charge in [-0.1, -0.05) is 5.16 Å². The highest BCUT2D eigenvalue weighted by Gasteiger charge is 2.10. The molecule has 0 radical (unpaired) electrons. The van der Waals surface area contributed by atoms with Crippen LogP contribution < -0.4 is 0 Å². The van der Waals surface area contributed by atoms with Crippen molar-refractivity contribution in [2.75, 3.05) is 0 Å². The van der Waals surface area contributed by atoms with Crippen LogP contribution in [-0.4, -0.2) is 30.8 Å². The van der Waals surface area contributed by atoms with E-state index in [2.05, 4.69) is 15.1 Å². The number of hydrogen-bond acceptors (Lipinski definition) is 5. The van der Waals surface area contributed by atoms with Crippen LogP contribution in [0.15, 0.2) is 29.0 Å². The number of benzene rings is 1. The van der Waals surface area contributed by atoms with E-state index in [1.807, 2.05) is 4.57 Å². The summed E-state index contributed by atoms with van der Waals surface area (Å²) in [6.07, 6.45) is 1.62. The topological polar surface area (TPSA) is 94.0 Å².